The zero-order valence-corrected chi connectivity index (χ0v) is 39.4. The molecule has 1 saturated heterocycles. The first kappa shape index (κ1) is 57.3. The summed E-state index contributed by atoms with van der Waals surface area (Å²) in [6.45, 7) is 3.87. The number of amides is 11. The summed E-state index contributed by atoms with van der Waals surface area (Å²) in [6.07, 6.45) is -1.86. The molecule has 26 heteroatoms. The molecule has 25 nitrogen and oxygen atoms in total. The molecule has 2 rings (SSSR count). The van der Waals surface area contributed by atoms with E-state index >= 15 is 0 Å². The number of primary amides is 3. The van der Waals surface area contributed by atoms with Gasteiger partial charge in [-0.2, -0.15) is 0 Å². The van der Waals surface area contributed by atoms with E-state index in [0.717, 1.165) is 11.9 Å². The van der Waals surface area contributed by atoms with Crippen molar-refractivity contribution >= 4 is 74.8 Å². The maximum atomic E-state index is 14.0. The largest absolute Gasteiger partial charge is 0.508 e. The van der Waals surface area contributed by atoms with Crippen LogP contribution in [0.3, 0.4) is 0 Å². The molecular weight excluding hydrogens is 915 g/mol. The smallest absolute Gasteiger partial charge is 0.245 e. The summed E-state index contributed by atoms with van der Waals surface area (Å²) in [6, 6.07) is -3.66. The van der Waals surface area contributed by atoms with Crippen molar-refractivity contribution in [2.45, 2.75) is 121 Å². The molecule has 1 fully saturated rings. The lowest BCUT2D eigenvalue weighted by Crippen LogP contribution is -2.61. The van der Waals surface area contributed by atoms with Gasteiger partial charge in [0.2, 0.25) is 65.0 Å². The lowest BCUT2D eigenvalue weighted by atomic mass is 9.96. The van der Waals surface area contributed by atoms with Gasteiger partial charge >= 0.3 is 0 Å². The topological polar surface area (TPSA) is 408 Å². The van der Waals surface area contributed by atoms with Crippen molar-refractivity contribution in [3.8, 4) is 5.75 Å². The van der Waals surface area contributed by atoms with Crippen LogP contribution in [0.25, 0.3) is 0 Å². The van der Waals surface area contributed by atoms with Crippen molar-refractivity contribution in [3.63, 3.8) is 0 Å². The molecule has 0 spiro atoms. The van der Waals surface area contributed by atoms with E-state index in [1.807, 2.05) is 6.92 Å². The fourth-order valence-electron chi connectivity index (χ4n) is 6.75. The fraction of sp³-hybridized carbons (Fsp3) is 0.595. The average Bonchev–Trinajstić information content (AvgIpc) is 3.26. The Balaban J connectivity index is 2.63. The van der Waals surface area contributed by atoms with E-state index < -0.39 is 174 Å². The third-order valence-corrected chi connectivity index (χ3v) is 12.5. The quantitative estimate of drug-likeness (QED) is 0.0623. The Bertz CT molecular complexity index is 2120. The molecule has 14 N–H and O–H groups in total. The number of nitrogens with one attached hydrogen (secondary N) is 7. The molecule has 1 aliphatic rings. The number of unbranched alkanes of at least 4 members (excludes halogenated alkanes) is 1. The van der Waals surface area contributed by atoms with Crippen molar-refractivity contribution in [2.24, 2.45) is 23.1 Å². The van der Waals surface area contributed by atoms with Crippen molar-refractivity contribution in [3.05, 3.63) is 29.8 Å². The molecule has 0 unspecified atom stereocenters. The molecule has 1 aliphatic heterocycles. The monoisotopic (exact) mass is 979 g/mol. The van der Waals surface area contributed by atoms with Gasteiger partial charge in [-0.3, -0.25) is 52.7 Å². The van der Waals surface area contributed by atoms with E-state index in [1.165, 1.54) is 24.3 Å². The zero-order chi connectivity index (χ0) is 51.3. The predicted molar refractivity (Wildman–Crippen MR) is 242 cm³/mol. The second-order valence-electron chi connectivity index (χ2n) is 16.6. The van der Waals surface area contributed by atoms with Crippen LogP contribution in [0.2, 0.25) is 0 Å². The van der Waals surface area contributed by atoms with Crippen LogP contribution in [0.5, 0.6) is 5.75 Å². The molecule has 68 heavy (non-hydrogen) atoms. The maximum absolute atomic E-state index is 14.0. The first-order valence-corrected chi connectivity index (χ1v) is 23.8. The van der Waals surface area contributed by atoms with Gasteiger partial charge in [-0.25, -0.2) is 8.42 Å². The minimum absolute atomic E-state index is 0.0923. The molecule has 378 valence electrons. The van der Waals surface area contributed by atoms with Gasteiger partial charge in [0.15, 0.2) is 9.84 Å². The van der Waals surface area contributed by atoms with Crippen molar-refractivity contribution < 1.29 is 66.3 Å². The van der Waals surface area contributed by atoms with Gasteiger partial charge in [0.05, 0.1) is 31.0 Å². The van der Waals surface area contributed by atoms with Crippen molar-refractivity contribution in [1.82, 2.24) is 42.1 Å². The molecule has 0 aromatic heterocycles. The normalized spacial score (nSPS) is 21.7. The Morgan fingerprint density at radius 1 is 0.809 bits per heavy atom. The number of aromatic hydroxyl groups is 1. The molecule has 7 atom stereocenters. The van der Waals surface area contributed by atoms with Gasteiger partial charge in [-0.15, -0.1) is 0 Å². The summed E-state index contributed by atoms with van der Waals surface area (Å²) in [5.74, 6) is -13.0. The summed E-state index contributed by atoms with van der Waals surface area (Å²) in [5, 5.41) is 26.7. The Morgan fingerprint density at radius 2 is 1.43 bits per heavy atom. The number of hydrogen-bond donors (Lipinski definition) is 11. The van der Waals surface area contributed by atoms with Crippen LogP contribution < -0.4 is 54.4 Å². The van der Waals surface area contributed by atoms with Gasteiger partial charge < -0.3 is 64.4 Å². The highest BCUT2D eigenvalue weighted by molar-refractivity contribution is 7.91. The number of sulfone groups is 1. The third-order valence-electron chi connectivity index (χ3n) is 10.8. The van der Waals surface area contributed by atoms with Gasteiger partial charge in [-0.05, 0) is 42.9 Å². The zero-order valence-electron chi connectivity index (χ0n) is 38.6. The van der Waals surface area contributed by atoms with E-state index in [-0.39, 0.29) is 18.6 Å². The molecule has 0 bridgehead atoms. The number of phenolic OH excluding ortho intramolecular Hbond substituents is 1. The van der Waals surface area contributed by atoms with E-state index in [0.29, 0.717) is 24.8 Å². The second-order valence-corrected chi connectivity index (χ2v) is 18.9. The number of hydrogen-bond acceptors (Lipinski definition) is 14. The highest BCUT2D eigenvalue weighted by atomic mass is 32.2. The standard InChI is InChI=1S/C42H65N11O14S/c1-5-7-8-26(37(60)46-21-33(45)57)47-35(59)22-53(4)42(65)28-15-17-68(66,67)18-16-34(58)48-29(19-24-9-11-25(54)12-10-24)40(63)52-36(23(3)6-2)41(64)49-27(13-14-31(43)55)38(61)51-30(20-32(44)56)39(62)50-28/h9-12,23,26-30,36,54H,5-8,13-22H2,1-4H3,(H2,43,55)(H2,44,56)(H2,45,57)(H,46,60)(H,47,59)(H,48,58)(H,49,64)(H,50,62)(H,51,61)(H,52,63)/t23-,26-,27-,28-,29+,30-,36-/m0/s1. The molecule has 0 saturated carbocycles. The summed E-state index contributed by atoms with van der Waals surface area (Å²) < 4.78 is 26.9. The molecule has 1 heterocycles. The second kappa shape index (κ2) is 27.7. The number of likely N-dealkylation sites (N-methyl/N-ethyl adjacent to an activating group) is 1. The van der Waals surface area contributed by atoms with Crippen LogP contribution >= 0.6 is 0 Å². The number of carbonyl (C=O) groups is 11. The number of benzene rings is 1. The Hall–Kier alpha value is -6.86. The Morgan fingerprint density at radius 3 is 2.01 bits per heavy atom. The van der Waals surface area contributed by atoms with Crippen LogP contribution in [0.4, 0.5) is 0 Å². The number of carbonyl (C=O) groups excluding carboxylic acids is 11. The lowest BCUT2D eigenvalue weighted by molar-refractivity contribution is -0.140. The van der Waals surface area contributed by atoms with E-state index in [9.17, 15) is 66.3 Å². The van der Waals surface area contributed by atoms with E-state index in [2.05, 4.69) is 37.2 Å². The van der Waals surface area contributed by atoms with Crippen LogP contribution in [0, 0.1) is 5.92 Å². The van der Waals surface area contributed by atoms with Crippen LogP contribution in [0.15, 0.2) is 24.3 Å². The predicted octanol–water partition coefficient (Wildman–Crippen LogP) is -4.51. The fourth-order valence-corrected chi connectivity index (χ4v) is 8.05. The van der Waals surface area contributed by atoms with Crippen LogP contribution in [0.1, 0.15) is 84.1 Å². The number of nitrogens with two attached hydrogens (primary N) is 3. The van der Waals surface area contributed by atoms with Crippen molar-refractivity contribution in [1.29, 1.82) is 0 Å². The molecule has 1 aromatic rings. The van der Waals surface area contributed by atoms with Crippen LogP contribution in [-0.2, 0) is 69.0 Å². The Labute approximate surface area is 393 Å². The molecule has 11 amide bonds. The van der Waals surface area contributed by atoms with Gasteiger partial charge in [0, 0.05) is 26.3 Å². The lowest BCUT2D eigenvalue weighted by Gasteiger charge is -2.29. The van der Waals surface area contributed by atoms with Gasteiger partial charge in [0.25, 0.3) is 0 Å². The highest BCUT2D eigenvalue weighted by Gasteiger charge is 2.36. The summed E-state index contributed by atoms with van der Waals surface area (Å²) in [7, 11) is -3.14. The SMILES string of the molecule is CCCC[C@H](NC(=O)CN(C)C(=O)[C@@H]1CCS(=O)(=O)CCC(=O)N[C@H](Cc2ccc(O)cc2)C(=O)N[C@@H]([C@@H](C)CC)C(=O)N[C@@H](CCC(N)=O)C(=O)N[C@@H](CC(N)=O)C(=O)N1)C(=O)NCC(N)=O. The first-order valence-electron chi connectivity index (χ1n) is 22.0. The number of rotatable bonds is 19. The first-order chi connectivity index (χ1) is 31.9. The maximum Gasteiger partial charge on any atom is 0.245 e. The number of nitrogens with zero attached hydrogens (tertiary/aromatic N) is 1. The van der Waals surface area contributed by atoms with Crippen molar-refractivity contribution in [2.75, 3.05) is 31.6 Å². The van der Waals surface area contributed by atoms with E-state index in [1.54, 1.807) is 13.8 Å². The van der Waals surface area contributed by atoms with Gasteiger partial charge in [-0.1, -0.05) is 52.2 Å². The average molecular weight is 980 g/mol. The van der Waals surface area contributed by atoms with Crippen LogP contribution in [-0.4, -0.2) is 151 Å². The van der Waals surface area contributed by atoms with Gasteiger partial charge in [0.1, 0.15) is 42.0 Å². The third kappa shape index (κ3) is 20.3. The van der Waals surface area contributed by atoms with E-state index in [4.69, 9.17) is 17.2 Å². The summed E-state index contributed by atoms with van der Waals surface area (Å²) in [4.78, 5) is 145. The summed E-state index contributed by atoms with van der Waals surface area (Å²) >= 11 is 0. The number of phenols is 1. The minimum Gasteiger partial charge on any atom is -0.508 e. The molecule has 0 radical (unpaired) electrons. The molecule has 0 aliphatic carbocycles. The molecule has 1 aromatic carbocycles. The minimum atomic E-state index is -4.27. The Kier molecular flexibility index (Phi) is 23.3. The summed E-state index contributed by atoms with van der Waals surface area (Å²) in [5.41, 5.74) is 16.3. The molecular formula is C42H65N11O14S. The highest BCUT2D eigenvalue weighted by Crippen LogP contribution is 2.15.